The van der Waals surface area contributed by atoms with Gasteiger partial charge >= 0.3 is 9.05 Å². The van der Waals surface area contributed by atoms with Crippen molar-refractivity contribution in [1.29, 1.82) is 0 Å². The molecule has 0 heterocycles. The van der Waals surface area contributed by atoms with Crippen LogP contribution in [0.4, 0.5) is 0 Å². The Bertz CT molecular complexity index is 171. The highest BCUT2D eigenvalue weighted by molar-refractivity contribution is 6.51. The van der Waals surface area contributed by atoms with Gasteiger partial charge in [0.25, 0.3) is 0 Å². The summed E-state index contributed by atoms with van der Waals surface area (Å²) in [6.45, 7) is 8.01. The first kappa shape index (κ1) is 20.1. The molecule has 0 aromatic heterocycles. The predicted octanol–water partition coefficient (Wildman–Crippen LogP) is 4.03. The maximum atomic E-state index is 10.4. The van der Waals surface area contributed by atoms with Crippen LogP contribution in [0, 0.1) is 0 Å². The van der Waals surface area contributed by atoms with Gasteiger partial charge < -0.3 is 18.1 Å². The lowest BCUT2D eigenvalue weighted by atomic mass is 10.3. The van der Waals surface area contributed by atoms with E-state index in [1.165, 1.54) is 0 Å². The highest BCUT2D eigenvalue weighted by atomic mass is 28.4. The molecule has 0 saturated heterocycles. The van der Waals surface area contributed by atoms with Crippen molar-refractivity contribution in [2.75, 3.05) is 19.8 Å². The minimum atomic E-state index is -3.40. The summed E-state index contributed by atoms with van der Waals surface area (Å²) in [6.07, 6.45) is 9.57. The van der Waals surface area contributed by atoms with E-state index in [2.05, 4.69) is 20.8 Å². The molecule has 5 heteroatoms. The van der Waals surface area contributed by atoms with Crippen LogP contribution < -0.4 is 0 Å². The van der Waals surface area contributed by atoms with Crippen LogP contribution >= 0.6 is 0 Å². The van der Waals surface area contributed by atoms with Crippen LogP contribution in [0.2, 0.25) is 0 Å². The molecule has 20 heavy (non-hydrogen) atoms. The van der Waals surface area contributed by atoms with Gasteiger partial charge in [-0.2, -0.15) is 0 Å². The van der Waals surface area contributed by atoms with Crippen molar-refractivity contribution >= 4 is 9.05 Å². The van der Waals surface area contributed by atoms with Crippen molar-refractivity contribution in [2.45, 2.75) is 78.6 Å². The van der Waals surface area contributed by atoms with E-state index in [0.29, 0.717) is 19.8 Å². The summed E-state index contributed by atoms with van der Waals surface area (Å²) >= 11 is 0. The van der Waals surface area contributed by atoms with Gasteiger partial charge in [-0.15, -0.1) is 0 Å². The molecule has 0 bridgehead atoms. The summed E-state index contributed by atoms with van der Waals surface area (Å²) in [6, 6.07) is 0. The normalized spacial score (nSPS) is 12.0. The fourth-order valence-electron chi connectivity index (χ4n) is 1.78. The van der Waals surface area contributed by atoms with Crippen LogP contribution in [0.5, 0.6) is 0 Å². The molecule has 0 aliphatic rings. The van der Waals surface area contributed by atoms with Crippen LogP contribution in [-0.4, -0.2) is 33.7 Å². The zero-order valence-corrected chi connectivity index (χ0v) is 14.7. The molecule has 122 valence electrons. The minimum absolute atomic E-state index is 0.526. The molecule has 4 nitrogen and oxygen atoms in total. The lowest BCUT2D eigenvalue weighted by molar-refractivity contribution is -0.0101. The maximum absolute atomic E-state index is 10.4. The molecule has 0 aromatic rings. The van der Waals surface area contributed by atoms with Gasteiger partial charge in [0.1, 0.15) is 0 Å². The zero-order valence-electron chi connectivity index (χ0n) is 13.7. The van der Waals surface area contributed by atoms with E-state index in [1.807, 2.05) is 0 Å². The molecule has 0 spiro atoms. The summed E-state index contributed by atoms with van der Waals surface area (Å²) in [5.74, 6) is 0. The second-order valence-electron chi connectivity index (χ2n) is 5.19. The van der Waals surface area contributed by atoms with E-state index in [9.17, 15) is 4.80 Å². The molecule has 1 N–H and O–H groups in total. The van der Waals surface area contributed by atoms with Crippen LogP contribution in [-0.2, 0) is 13.3 Å². The molecule has 0 aliphatic heterocycles. The van der Waals surface area contributed by atoms with Crippen LogP contribution in [0.25, 0.3) is 0 Å². The van der Waals surface area contributed by atoms with Gasteiger partial charge in [0.15, 0.2) is 0 Å². The standard InChI is InChI=1S/C15H34O4Si/c1-4-7-10-13-17-20(16,18-14-11-8-5-2)19-15-12-9-6-3/h16H,4-15H2,1-3H3. The van der Waals surface area contributed by atoms with Gasteiger partial charge in [0, 0.05) is 19.8 Å². The van der Waals surface area contributed by atoms with Crippen LogP contribution in [0.3, 0.4) is 0 Å². The Morgan fingerprint density at radius 3 is 1.15 bits per heavy atom. The summed E-state index contributed by atoms with van der Waals surface area (Å²) < 4.78 is 16.6. The van der Waals surface area contributed by atoms with E-state index in [0.717, 1.165) is 57.8 Å². The third-order valence-electron chi connectivity index (χ3n) is 3.10. The van der Waals surface area contributed by atoms with E-state index >= 15 is 0 Å². The number of hydrogen-bond acceptors (Lipinski definition) is 4. The van der Waals surface area contributed by atoms with Gasteiger partial charge in [-0.3, -0.25) is 0 Å². The molecular weight excluding hydrogens is 272 g/mol. The lowest BCUT2D eigenvalue weighted by Crippen LogP contribution is -2.47. The second-order valence-corrected chi connectivity index (χ2v) is 7.10. The monoisotopic (exact) mass is 306 g/mol. The Morgan fingerprint density at radius 2 is 0.900 bits per heavy atom. The summed E-state index contributed by atoms with van der Waals surface area (Å²) in [4.78, 5) is 10.4. The molecule has 0 rings (SSSR count). The average Bonchev–Trinajstić information content (AvgIpc) is 2.45. The topological polar surface area (TPSA) is 47.9 Å². The fourth-order valence-corrected chi connectivity index (χ4v) is 3.24. The molecular formula is C15H34O4Si. The smallest absolute Gasteiger partial charge is 0.367 e. The SMILES string of the molecule is CCCCCO[Si](O)(OCCCCC)OCCCCC. The third-order valence-corrected chi connectivity index (χ3v) is 4.80. The molecule has 0 atom stereocenters. The summed E-state index contributed by atoms with van der Waals surface area (Å²) in [5, 5.41) is 0. The minimum Gasteiger partial charge on any atom is -0.367 e. The van der Waals surface area contributed by atoms with E-state index in [-0.39, 0.29) is 0 Å². The molecule has 0 fully saturated rings. The highest BCUT2D eigenvalue weighted by Crippen LogP contribution is 2.11. The molecule has 0 amide bonds. The largest absolute Gasteiger partial charge is 0.676 e. The fraction of sp³-hybridized carbons (Fsp3) is 1.00. The van der Waals surface area contributed by atoms with Crippen molar-refractivity contribution in [1.82, 2.24) is 0 Å². The van der Waals surface area contributed by atoms with Crippen molar-refractivity contribution in [3.63, 3.8) is 0 Å². The lowest BCUT2D eigenvalue weighted by Gasteiger charge is -2.23. The van der Waals surface area contributed by atoms with Crippen molar-refractivity contribution < 1.29 is 18.1 Å². The molecule has 0 aliphatic carbocycles. The van der Waals surface area contributed by atoms with Gasteiger partial charge in [0.2, 0.25) is 0 Å². The van der Waals surface area contributed by atoms with E-state index in [1.54, 1.807) is 0 Å². The second kappa shape index (κ2) is 14.0. The van der Waals surface area contributed by atoms with Gasteiger partial charge in [0.05, 0.1) is 0 Å². The number of hydrogen-bond donors (Lipinski definition) is 1. The first-order valence-corrected chi connectivity index (χ1v) is 10.00. The van der Waals surface area contributed by atoms with Crippen LogP contribution in [0.15, 0.2) is 0 Å². The van der Waals surface area contributed by atoms with Crippen molar-refractivity contribution in [3.8, 4) is 0 Å². The van der Waals surface area contributed by atoms with Gasteiger partial charge in [-0.25, -0.2) is 0 Å². The Balaban J connectivity index is 3.98. The summed E-state index contributed by atoms with van der Waals surface area (Å²) in [5.41, 5.74) is 0. The Morgan fingerprint density at radius 1 is 0.600 bits per heavy atom. The Labute approximate surface area is 126 Å². The van der Waals surface area contributed by atoms with E-state index in [4.69, 9.17) is 13.3 Å². The maximum Gasteiger partial charge on any atom is 0.676 e. The Hall–Kier alpha value is 0.0569. The van der Waals surface area contributed by atoms with Crippen molar-refractivity contribution in [3.05, 3.63) is 0 Å². The Kier molecular flexibility index (Phi) is 14.1. The third kappa shape index (κ3) is 11.8. The average molecular weight is 307 g/mol. The predicted molar refractivity (Wildman–Crippen MR) is 84.4 cm³/mol. The summed E-state index contributed by atoms with van der Waals surface area (Å²) in [7, 11) is -3.40. The first-order valence-electron chi connectivity index (χ1n) is 8.32. The van der Waals surface area contributed by atoms with Crippen molar-refractivity contribution in [2.24, 2.45) is 0 Å². The quantitative estimate of drug-likeness (QED) is 0.366. The molecule has 0 aromatic carbocycles. The van der Waals surface area contributed by atoms with Gasteiger partial charge in [-0.1, -0.05) is 59.3 Å². The molecule has 0 unspecified atom stereocenters. The van der Waals surface area contributed by atoms with Crippen LogP contribution in [0.1, 0.15) is 78.6 Å². The van der Waals surface area contributed by atoms with E-state index < -0.39 is 9.05 Å². The molecule has 0 radical (unpaired) electrons. The highest BCUT2D eigenvalue weighted by Gasteiger charge is 2.40. The van der Waals surface area contributed by atoms with Gasteiger partial charge in [-0.05, 0) is 19.3 Å². The number of rotatable bonds is 15. The zero-order chi connectivity index (χ0) is 15.1. The first-order chi connectivity index (χ1) is 9.68. The molecule has 0 saturated carbocycles. The number of unbranched alkanes of at least 4 members (excludes halogenated alkanes) is 6.